The molecule has 1 aliphatic heterocycles. The molecule has 0 radical (unpaired) electrons. The number of nitrogens with one attached hydrogen (secondary N) is 1. The van der Waals surface area contributed by atoms with Gasteiger partial charge in [0.25, 0.3) is 5.56 Å². The molecule has 0 saturated heterocycles. The van der Waals surface area contributed by atoms with Crippen LogP contribution >= 0.6 is 11.3 Å². The Hall–Kier alpha value is -1.62. The van der Waals surface area contributed by atoms with Crippen LogP contribution in [0.1, 0.15) is 28.8 Å². The molecule has 2 aromatic heterocycles. The zero-order valence-corrected chi connectivity index (χ0v) is 11.8. The molecule has 0 bridgehead atoms. The number of rotatable bonds is 3. The molecule has 0 saturated carbocycles. The number of nitrogens with zero attached hydrogens (tertiary/aromatic N) is 2. The number of hydrogen-bond acceptors (Lipinski definition) is 4. The number of thiophene rings is 1. The van der Waals surface area contributed by atoms with Crippen LogP contribution in [0.2, 0.25) is 0 Å². The quantitative estimate of drug-likeness (QED) is 0.934. The molecule has 0 aromatic carbocycles. The molecule has 3 heterocycles. The second kappa shape index (κ2) is 5.17. The van der Waals surface area contributed by atoms with Gasteiger partial charge in [-0.3, -0.25) is 4.79 Å². The van der Waals surface area contributed by atoms with Crippen LogP contribution in [0, 0.1) is 0 Å². The average molecular weight is 275 g/mol. The van der Waals surface area contributed by atoms with Crippen LogP contribution in [0.25, 0.3) is 0 Å². The van der Waals surface area contributed by atoms with Gasteiger partial charge in [0.05, 0.1) is 17.9 Å². The van der Waals surface area contributed by atoms with E-state index in [-0.39, 0.29) is 5.56 Å². The lowest BCUT2D eigenvalue weighted by Crippen LogP contribution is -2.27. The molecule has 4 nitrogen and oxygen atoms in total. The topological polar surface area (TPSA) is 46.9 Å². The standard InChI is InChI=1S/C14H17N3OS/c1-2-10-5-6-11(19-10)9-17-14(18)8-13-12(16-17)4-3-7-15-13/h5-6,8,15H,2-4,7,9H2,1H3. The molecule has 0 unspecified atom stereocenters. The van der Waals surface area contributed by atoms with Crippen LogP contribution in [0.4, 0.5) is 5.69 Å². The highest BCUT2D eigenvalue weighted by Gasteiger charge is 2.13. The third-order valence-corrected chi connectivity index (χ3v) is 4.57. The second-order valence-electron chi connectivity index (χ2n) is 4.75. The number of aromatic nitrogens is 2. The van der Waals surface area contributed by atoms with Crippen molar-refractivity contribution >= 4 is 17.0 Å². The van der Waals surface area contributed by atoms with Crippen LogP contribution in [-0.4, -0.2) is 16.3 Å². The Bertz CT molecular complexity index is 644. The van der Waals surface area contributed by atoms with E-state index in [1.165, 1.54) is 9.75 Å². The maximum atomic E-state index is 12.0. The van der Waals surface area contributed by atoms with E-state index < -0.39 is 0 Å². The lowest BCUT2D eigenvalue weighted by Gasteiger charge is -2.17. The van der Waals surface area contributed by atoms with Crippen molar-refractivity contribution in [3.63, 3.8) is 0 Å². The first-order valence-corrected chi connectivity index (χ1v) is 7.50. The summed E-state index contributed by atoms with van der Waals surface area (Å²) in [6.45, 7) is 3.66. The van der Waals surface area contributed by atoms with Crippen molar-refractivity contribution in [2.45, 2.75) is 32.7 Å². The van der Waals surface area contributed by atoms with Gasteiger partial charge in [0, 0.05) is 22.4 Å². The summed E-state index contributed by atoms with van der Waals surface area (Å²) < 4.78 is 1.58. The van der Waals surface area contributed by atoms with Gasteiger partial charge in [0.1, 0.15) is 0 Å². The molecule has 0 amide bonds. The molecule has 2 aromatic rings. The van der Waals surface area contributed by atoms with Crippen LogP contribution in [0.3, 0.4) is 0 Å². The predicted molar refractivity (Wildman–Crippen MR) is 78.1 cm³/mol. The first kappa shape index (κ1) is 12.4. The predicted octanol–water partition coefficient (Wildman–Crippen LogP) is 2.27. The van der Waals surface area contributed by atoms with Gasteiger partial charge in [0.2, 0.25) is 0 Å². The van der Waals surface area contributed by atoms with Crippen molar-refractivity contribution < 1.29 is 0 Å². The lowest BCUT2D eigenvalue weighted by atomic mass is 10.1. The molecule has 1 aliphatic rings. The van der Waals surface area contributed by atoms with Gasteiger partial charge in [-0.1, -0.05) is 6.92 Å². The highest BCUT2D eigenvalue weighted by molar-refractivity contribution is 7.11. The van der Waals surface area contributed by atoms with Crippen LogP contribution < -0.4 is 10.9 Å². The highest BCUT2D eigenvalue weighted by atomic mass is 32.1. The Kier molecular flexibility index (Phi) is 3.38. The van der Waals surface area contributed by atoms with Crippen molar-refractivity contribution in [1.29, 1.82) is 0 Å². The molecule has 3 rings (SSSR count). The number of hydrogen-bond donors (Lipinski definition) is 1. The summed E-state index contributed by atoms with van der Waals surface area (Å²) in [6, 6.07) is 5.90. The minimum Gasteiger partial charge on any atom is -0.383 e. The van der Waals surface area contributed by atoms with Crippen LogP contribution in [-0.2, 0) is 19.4 Å². The molecule has 100 valence electrons. The summed E-state index contributed by atoms with van der Waals surface area (Å²) in [5, 5.41) is 7.73. The molecule has 0 aliphatic carbocycles. The SMILES string of the molecule is CCc1ccc(Cn2nc3c(cc2=O)NCCC3)s1. The fourth-order valence-corrected chi connectivity index (χ4v) is 3.25. The van der Waals surface area contributed by atoms with E-state index >= 15 is 0 Å². The monoisotopic (exact) mass is 275 g/mol. The third kappa shape index (κ3) is 2.56. The lowest BCUT2D eigenvalue weighted by molar-refractivity contribution is 0.613. The Morgan fingerprint density at radius 3 is 3.05 bits per heavy atom. The summed E-state index contributed by atoms with van der Waals surface area (Å²) in [5.41, 5.74) is 1.89. The fourth-order valence-electron chi connectivity index (χ4n) is 2.30. The zero-order valence-electron chi connectivity index (χ0n) is 11.0. The van der Waals surface area contributed by atoms with Crippen molar-refractivity contribution in [2.24, 2.45) is 0 Å². The van der Waals surface area contributed by atoms with Crippen molar-refractivity contribution in [3.8, 4) is 0 Å². The zero-order chi connectivity index (χ0) is 13.2. The molecule has 0 spiro atoms. The van der Waals surface area contributed by atoms with Gasteiger partial charge in [-0.25, -0.2) is 4.68 Å². The molecule has 19 heavy (non-hydrogen) atoms. The molecular weight excluding hydrogens is 258 g/mol. The summed E-state index contributed by atoms with van der Waals surface area (Å²) in [4.78, 5) is 14.6. The van der Waals surface area contributed by atoms with Crippen molar-refractivity contribution in [3.05, 3.63) is 44.0 Å². The number of fused-ring (bicyclic) bond motifs is 1. The Labute approximate surface area is 116 Å². The van der Waals surface area contributed by atoms with E-state index in [1.807, 2.05) is 0 Å². The highest BCUT2D eigenvalue weighted by Crippen LogP contribution is 2.19. The smallest absolute Gasteiger partial charge is 0.269 e. The van der Waals surface area contributed by atoms with E-state index in [4.69, 9.17) is 0 Å². The Balaban J connectivity index is 1.90. The van der Waals surface area contributed by atoms with E-state index in [9.17, 15) is 4.79 Å². The number of aryl methyl sites for hydroxylation is 2. The number of anilines is 1. The van der Waals surface area contributed by atoms with Crippen LogP contribution in [0.15, 0.2) is 23.0 Å². The fraction of sp³-hybridized carbons (Fsp3) is 0.429. The van der Waals surface area contributed by atoms with Gasteiger partial charge in [0.15, 0.2) is 0 Å². The van der Waals surface area contributed by atoms with E-state index in [0.29, 0.717) is 6.54 Å². The van der Waals surface area contributed by atoms with Gasteiger partial charge in [-0.05, 0) is 31.4 Å². The summed E-state index contributed by atoms with van der Waals surface area (Å²) in [6.07, 6.45) is 3.07. The molecule has 5 heteroatoms. The van der Waals surface area contributed by atoms with E-state index in [1.54, 1.807) is 22.1 Å². The summed E-state index contributed by atoms with van der Waals surface area (Å²) in [7, 11) is 0. The minimum atomic E-state index is -0.0281. The van der Waals surface area contributed by atoms with Crippen molar-refractivity contribution in [1.82, 2.24) is 9.78 Å². The Morgan fingerprint density at radius 2 is 2.26 bits per heavy atom. The maximum absolute atomic E-state index is 12.0. The second-order valence-corrected chi connectivity index (χ2v) is 6.01. The summed E-state index contributed by atoms with van der Waals surface area (Å²) >= 11 is 1.76. The minimum absolute atomic E-state index is 0.0281. The molecule has 0 atom stereocenters. The molecular formula is C14H17N3OS. The normalized spacial score (nSPS) is 13.9. The van der Waals surface area contributed by atoms with Crippen molar-refractivity contribution in [2.75, 3.05) is 11.9 Å². The average Bonchev–Trinajstić information content (AvgIpc) is 2.87. The van der Waals surface area contributed by atoms with E-state index in [0.717, 1.165) is 37.2 Å². The van der Waals surface area contributed by atoms with Gasteiger partial charge in [-0.2, -0.15) is 5.10 Å². The van der Waals surface area contributed by atoms with Gasteiger partial charge >= 0.3 is 0 Å². The molecule has 1 N–H and O–H groups in total. The largest absolute Gasteiger partial charge is 0.383 e. The first-order valence-electron chi connectivity index (χ1n) is 6.69. The maximum Gasteiger partial charge on any atom is 0.269 e. The van der Waals surface area contributed by atoms with Crippen LogP contribution in [0.5, 0.6) is 0 Å². The van der Waals surface area contributed by atoms with E-state index in [2.05, 4.69) is 29.5 Å². The molecule has 0 fully saturated rings. The summed E-state index contributed by atoms with van der Waals surface area (Å²) in [5.74, 6) is 0. The Morgan fingerprint density at radius 1 is 1.42 bits per heavy atom. The first-order chi connectivity index (χ1) is 9.26. The third-order valence-electron chi connectivity index (χ3n) is 3.35. The van der Waals surface area contributed by atoms with Gasteiger partial charge < -0.3 is 5.32 Å². The van der Waals surface area contributed by atoms with Gasteiger partial charge in [-0.15, -0.1) is 11.3 Å².